The van der Waals surface area contributed by atoms with Crippen molar-refractivity contribution in [1.82, 2.24) is 24.7 Å². The predicted molar refractivity (Wildman–Crippen MR) is 166 cm³/mol. The Morgan fingerprint density at radius 2 is 1.72 bits per heavy atom. The van der Waals surface area contributed by atoms with Crippen molar-refractivity contribution in [2.24, 2.45) is 5.92 Å². The molecule has 0 unspecified atom stereocenters. The molecule has 4 heterocycles. The van der Waals surface area contributed by atoms with E-state index < -0.39 is 5.82 Å². The summed E-state index contributed by atoms with van der Waals surface area (Å²) in [5.74, 6) is -0.841. The highest BCUT2D eigenvalue weighted by Gasteiger charge is 2.38. The molecule has 0 spiro atoms. The molecule has 2 fully saturated rings. The fourth-order valence-electron chi connectivity index (χ4n) is 7.06. The summed E-state index contributed by atoms with van der Waals surface area (Å²) in [6.45, 7) is 15.0. The minimum absolute atomic E-state index is 0.0284. The summed E-state index contributed by atoms with van der Waals surface area (Å²) in [6, 6.07) is 5.74. The Hall–Kier alpha value is -3.59. The Kier molecular flexibility index (Phi) is 8.49. The maximum absolute atomic E-state index is 14.6. The number of ketones is 1. The molecule has 0 saturated carbocycles. The number of amides is 2. The van der Waals surface area contributed by atoms with Gasteiger partial charge in [-0.15, -0.1) is 0 Å². The number of carbonyl (C=O) groups excluding carboxylic acids is 3. The summed E-state index contributed by atoms with van der Waals surface area (Å²) in [5, 5.41) is 4.20. The van der Waals surface area contributed by atoms with Crippen molar-refractivity contribution in [2.75, 3.05) is 13.1 Å². The molecule has 9 heteroatoms. The van der Waals surface area contributed by atoms with E-state index in [0.717, 1.165) is 18.2 Å². The van der Waals surface area contributed by atoms with Crippen LogP contribution in [0.5, 0.6) is 0 Å². The van der Waals surface area contributed by atoms with Gasteiger partial charge >= 0.3 is 0 Å². The SMILES string of the molecule is Cc1c(C(=O)C2CCN(C(=O)[C@H]3CCC(C)(C)N3)CC2)c2ccncc2n1-c1ccc(F)cc1C(=O)N(C(C)C)C(C)C. The summed E-state index contributed by atoms with van der Waals surface area (Å²) in [6.07, 6.45) is 6.33. The number of hydrogen-bond acceptors (Lipinski definition) is 5. The standard InChI is InChI=1S/C34H44FN5O3/c1-20(2)39(21(3)4)32(42)26-18-24(35)8-9-28(26)40-22(5)30(25-11-15-36-19-29(25)40)31(41)23-12-16-38(17-13-23)33(43)27-10-14-34(6,7)37-27/h8-9,11,15,18-21,23,27,37H,10,12-14,16-17H2,1-7H3/t27-/m1/s1. The van der Waals surface area contributed by atoms with Gasteiger partial charge in [-0.1, -0.05) is 0 Å². The van der Waals surface area contributed by atoms with Gasteiger partial charge in [0.25, 0.3) is 5.91 Å². The van der Waals surface area contributed by atoms with Crippen LogP contribution >= 0.6 is 0 Å². The van der Waals surface area contributed by atoms with Gasteiger partial charge in [0.15, 0.2) is 5.78 Å². The maximum atomic E-state index is 14.6. The molecule has 0 aliphatic carbocycles. The van der Waals surface area contributed by atoms with Crippen LogP contribution in [0.4, 0.5) is 4.39 Å². The fourth-order valence-corrected chi connectivity index (χ4v) is 7.06. The average Bonchev–Trinajstić information content (AvgIpc) is 3.47. The number of halogens is 1. The Morgan fingerprint density at radius 1 is 1.05 bits per heavy atom. The van der Waals surface area contributed by atoms with E-state index in [4.69, 9.17) is 0 Å². The molecule has 2 aliphatic heterocycles. The molecule has 2 saturated heterocycles. The number of benzene rings is 1. The molecule has 230 valence electrons. The zero-order valence-corrected chi connectivity index (χ0v) is 26.4. The Morgan fingerprint density at radius 3 is 2.33 bits per heavy atom. The van der Waals surface area contributed by atoms with E-state index in [-0.39, 0.29) is 52.7 Å². The highest BCUT2D eigenvalue weighted by atomic mass is 19.1. The largest absolute Gasteiger partial charge is 0.341 e. The van der Waals surface area contributed by atoms with Crippen LogP contribution in [-0.2, 0) is 4.79 Å². The maximum Gasteiger partial charge on any atom is 0.256 e. The third kappa shape index (κ3) is 5.84. The van der Waals surface area contributed by atoms with Crippen molar-refractivity contribution in [3.05, 3.63) is 59.3 Å². The third-order valence-electron chi connectivity index (χ3n) is 9.13. The van der Waals surface area contributed by atoms with Crippen molar-refractivity contribution in [3.63, 3.8) is 0 Å². The minimum Gasteiger partial charge on any atom is -0.341 e. The van der Waals surface area contributed by atoms with Crippen molar-refractivity contribution in [1.29, 1.82) is 0 Å². The lowest BCUT2D eigenvalue weighted by atomic mass is 9.87. The van der Waals surface area contributed by atoms with Crippen molar-refractivity contribution >= 4 is 28.5 Å². The average molecular weight is 590 g/mol. The molecular formula is C34H44FN5O3. The van der Waals surface area contributed by atoms with Crippen molar-refractivity contribution in [2.45, 2.75) is 97.8 Å². The molecule has 3 aromatic rings. The zero-order chi connectivity index (χ0) is 31.2. The summed E-state index contributed by atoms with van der Waals surface area (Å²) in [4.78, 5) is 49.2. The van der Waals surface area contributed by atoms with Gasteiger partial charge in [0, 0.05) is 59.5 Å². The number of aromatic nitrogens is 2. The molecule has 5 rings (SSSR count). The molecule has 1 aromatic carbocycles. The molecule has 2 aromatic heterocycles. The van der Waals surface area contributed by atoms with E-state index >= 15 is 0 Å². The molecule has 2 aliphatic rings. The first kappa shape index (κ1) is 30.9. The van der Waals surface area contributed by atoms with E-state index in [1.54, 1.807) is 23.4 Å². The number of nitrogens with zero attached hydrogens (tertiary/aromatic N) is 4. The second-order valence-electron chi connectivity index (χ2n) is 13.3. The van der Waals surface area contributed by atoms with E-state index in [1.165, 1.54) is 12.1 Å². The number of nitrogens with one attached hydrogen (secondary N) is 1. The highest BCUT2D eigenvalue weighted by Crippen LogP contribution is 2.35. The molecule has 1 atom stereocenters. The van der Waals surface area contributed by atoms with Crippen LogP contribution in [-0.4, -0.2) is 73.7 Å². The van der Waals surface area contributed by atoms with Crippen LogP contribution in [0.3, 0.4) is 0 Å². The van der Waals surface area contributed by atoms with Gasteiger partial charge in [-0.2, -0.15) is 0 Å². The smallest absolute Gasteiger partial charge is 0.256 e. The molecule has 0 bridgehead atoms. The van der Waals surface area contributed by atoms with Gasteiger partial charge in [-0.05, 0) is 98.4 Å². The number of likely N-dealkylation sites (tertiary alicyclic amines) is 1. The number of Topliss-reactive ketones (excluding diaryl/α,β-unsaturated/α-hetero) is 1. The first-order valence-electron chi connectivity index (χ1n) is 15.5. The molecule has 0 radical (unpaired) electrons. The lowest BCUT2D eigenvalue weighted by Crippen LogP contribution is -2.50. The van der Waals surface area contributed by atoms with Crippen molar-refractivity contribution < 1.29 is 18.8 Å². The first-order chi connectivity index (χ1) is 20.3. The van der Waals surface area contributed by atoms with Crippen LogP contribution in [0, 0.1) is 18.7 Å². The van der Waals surface area contributed by atoms with Crippen LogP contribution < -0.4 is 5.32 Å². The third-order valence-corrected chi connectivity index (χ3v) is 9.13. The Bertz CT molecular complexity index is 1540. The number of fused-ring (bicyclic) bond motifs is 1. The lowest BCUT2D eigenvalue weighted by Gasteiger charge is -2.33. The Balaban J connectivity index is 1.47. The molecule has 8 nitrogen and oxygen atoms in total. The summed E-state index contributed by atoms with van der Waals surface area (Å²) in [5.41, 5.74) is 2.68. The predicted octanol–water partition coefficient (Wildman–Crippen LogP) is 5.68. The topological polar surface area (TPSA) is 87.5 Å². The Labute approximate surface area is 253 Å². The van der Waals surface area contributed by atoms with E-state index in [9.17, 15) is 18.8 Å². The lowest BCUT2D eigenvalue weighted by molar-refractivity contribution is -0.134. The second-order valence-corrected chi connectivity index (χ2v) is 13.3. The number of pyridine rings is 1. The van der Waals surface area contributed by atoms with Gasteiger partial charge < -0.3 is 19.7 Å². The van der Waals surface area contributed by atoms with Crippen LogP contribution in [0.2, 0.25) is 0 Å². The first-order valence-corrected chi connectivity index (χ1v) is 15.5. The van der Waals surface area contributed by atoms with Gasteiger partial charge in [-0.25, -0.2) is 4.39 Å². The summed E-state index contributed by atoms with van der Waals surface area (Å²) < 4.78 is 16.5. The van der Waals surface area contributed by atoms with Crippen molar-refractivity contribution in [3.8, 4) is 5.69 Å². The zero-order valence-electron chi connectivity index (χ0n) is 26.4. The van der Waals surface area contributed by atoms with E-state index in [1.807, 2.05) is 50.2 Å². The monoisotopic (exact) mass is 589 g/mol. The highest BCUT2D eigenvalue weighted by molar-refractivity contribution is 6.11. The molecular weight excluding hydrogens is 545 g/mol. The molecule has 1 N–H and O–H groups in total. The summed E-state index contributed by atoms with van der Waals surface area (Å²) in [7, 11) is 0. The fraction of sp³-hybridized carbons (Fsp3) is 0.529. The van der Waals surface area contributed by atoms with Crippen LogP contribution in [0.1, 0.15) is 93.6 Å². The molecule has 43 heavy (non-hydrogen) atoms. The number of carbonyl (C=O) groups is 3. The summed E-state index contributed by atoms with van der Waals surface area (Å²) >= 11 is 0. The number of rotatable bonds is 7. The number of hydrogen-bond donors (Lipinski definition) is 1. The van der Waals surface area contributed by atoms with E-state index in [2.05, 4.69) is 24.1 Å². The molecule has 2 amide bonds. The number of piperidine rings is 1. The van der Waals surface area contributed by atoms with Gasteiger partial charge in [0.1, 0.15) is 5.82 Å². The minimum atomic E-state index is -0.499. The quantitative estimate of drug-likeness (QED) is 0.358. The second kappa shape index (κ2) is 11.8. The normalized spacial score (nSPS) is 19.0. The van der Waals surface area contributed by atoms with Gasteiger partial charge in [0.05, 0.1) is 29.0 Å². The van der Waals surface area contributed by atoms with E-state index in [0.29, 0.717) is 48.4 Å². The van der Waals surface area contributed by atoms with Gasteiger partial charge in [0.2, 0.25) is 5.91 Å². The van der Waals surface area contributed by atoms with Crippen LogP contribution in [0.15, 0.2) is 36.7 Å². The van der Waals surface area contributed by atoms with Crippen LogP contribution in [0.25, 0.3) is 16.6 Å². The van der Waals surface area contributed by atoms with Gasteiger partial charge in [-0.3, -0.25) is 19.4 Å².